The second-order valence-corrected chi connectivity index (χ2v) is 10.2. The van der Waals surface area contributed by atoms with Gasteiger partial charge in [0.1, 0.15) is 10.6 Å². The second-order valence-electron chi connectivity index (χ2n) is 9.12. The lowest BCUT2D eigenvalue weighted by atomic mass is 9.93. The van der Waals surface area contributed by atoms with Gasteiger partial charge in [-0.2, -0.15) is 0 Å². The Morgan fingerprint density at radius 3 is 2.88 bits per heavy atom. The lowest BCUT2D eigenvalue weighted by molar-refractivity contribution is 0.390. The molecule has 6 rings (SSSR count). The van der Waals surface area contributed by atoms with Crippen LogP contribution in [0.1, 0.15) is 39.4 Å². The summed E-state index contributed by atoms with van der Waals surface area (Å²) in [6.45, 7) is 5.21. The van der Waals surface area contributed by atoms with Gasteiger partial charge in [-0.1, -0.05) is 47.6 Å². The fraction of sp³-hybridized carbons (Fsp3) is 0.296. The summed E-state index contributed by atoms with van der Waals surface area (Å²) in [6, 6.07) is 14.9. The summed E-state index contributed by atoms with van der Waals surface area (Å²) in [4.78, 5) is 20.4. The van der Waals surface area contributed by atoms with E-state index in [0.29, 0.717) is 12.6 Å². The molecule has 1 aliphatic rings. The molecule has 172 valence electrons. The molecule has 5 aromatic rings. The Bertz CT molecular complexity index is 1550. The van der Waals surface area contributed by atoms with Crippen LogP contribution in [0.5, 0.6) is 0 Å². The Morgan fingerprint density at radius 2 is 2.03 bits per heavy atom. The van der Waals surface area contributed by atoms with E-state index in [1.165, 1.54) is 21.2 Å². The first-order valence-corrected chi connectivity index (χ1v) is 12.5. The van der Waals surface area contributed by atoms with Crippen LogP contribution in [0.3, 0.4) is 0 Å². The molecule has 0 amide bonds. The lowest BCUT2D eigenvalue weighted by Crippen LogP contribution is -2.34. The van der Waals surface area contributed by atoms with Crippen LogP contribution in [0.2, 0.25) is 0 Å². The summed E-state index contributed by atoms with van der Waals surface area (Å²) >= 11 is 1.67. The van der Waals surface area contributed by atoms with Gasteiger partial charge in [-0.05, 0) is 55.0 Å². The maximum absolute atomic E-state index is 13.5. The minimum atomic E-state index is 0.0672. The van der Waals surface area contributed by atoms with Gasteiger partial charge in [0.05, 0.1) is 24.0 Å². The molecular formula is C27H26N4O2S. The van der Waals surface area contributed by atoms with E-state index >= 15 is 0 Å². The standard InChI is InChI=1S/C27H26N4O2S/c1-16-23(17(2)33-30-16)13-28-20-10-11-22-24(12-20)34-26-25(22)27(32)31(15-29-26)14-19-8-5-7-18-6-3-4-9-21(18)19/h3-9,15,20,28H,10-14H2,1-2H3. The Labute approximate surface area is 201 Å². The number of rotatable bonds is 5. The van der Waals surface area contributed by atoms with E-state index in [-0.39, 0.29) is 5.56 Å². The van der Waals surface area contributed by atoms with E-state index in [1.54, 1.807) is 22.2 Å². The van der Waals surface area contributed by atoms with Crippen molar-refractivity contribution in [1.82, 2.24) is 20.0 Å². The third-order valence-corrected chi connectivity index (χ3v) is 8.17. The molecule has 0 aliphatic heterocycles. The summed E-state index contributed by atoms with van der Waals surface area (Å²) in [7, 11) is 0. The van der Waals surface area contributed by atoms with Crippen molar-refractivity contribution in [3.63, 3.8) is 0 Å². The van der Waals surface area contributed by atoms with Crippen LogP contribution in [0.25, 0.3) is 21.0 Å². The molecule has 0 saturated carbocycles. The summed E-state index contributed by atoms with van der Waals surface area (Å²) in [6.07, 6.45) is 4.52. The van der Waals surface area contributed by atoms with E-state index < -0.39 is 0 Å². The molecule has 3 aromatic heterocycles. The molecule has 2 aromatic carbocycles. The van der Waals surface area contributed by atoms with Crippen molar-refractivity contribution in [2.24, 2.45) is 0 Å². The van der Waals surface area contributed by atoms with Crippen LogP contribution >= 0.6 is 11.3 Å². The van der Waals surface area contributed by atoms with Gasteiger partial charge in [0.2, 0.25) is 0 Å². The van der Waals surface area contributed by atoms with Gasteiger partial charge in [-0.25, -0.2) is 4.98 Å². The summed E-state index contributed by atoms with van der Waals surface area (Å²) in [5, 5.41) is 10.9. The Kier molecular flexibility index (Phi) is 5.31. The summed E-state index contributed by atoms with van der Waals surface area (Å²) in [5.74, 6) is 0.874. The van der Waals surface area contributed by atoms with E-state index in [0.717, 1.165) is 58.6 Å². The van der Waals surface area contributed by atoms with E-state index in [9.17, 15) is 4.79 Å². The number of benzene rings is 2. The zero-order valence-corrected chi connectivity index (χ0v) is 20.1. The highest BCUT2D eigenvalue weighted by atomic mass is 32.1. The molecule has 1 unspecified atom stereocenters. The van der Waals surface area contributed by atoms with Crippen molar-refractivity contribution in [3.05, 3.63) is 92.2 Å². The fourth-order valence-electron chi connectivity index (χ4n) is 5.10. The first-order chi connectivity index (χ1) is 16.6. The first kappa shape index (κ1) is 21.3. The Hall–Kier alpha value is -3.29. The number of thiophene rings is 1. The van der Waals surface area contributed by atoms with Gasteiger partial charge < -0.3 is 9.84 Å². The SMILES string of the molecule is Cc1noc(C)c1CNC1CCc2c(sc3ncn(Cc4cccc5ccccc45)c(=O)c23)C1. The van der Waals surface area contributed by atoms with Crippen molar-refractivity contribution < 1.29 is 4.52 Å². The van der Waals surface area contributed by atoms with Crippen molar-refractivity contribution in [3.8, 4) is 0 Å². The summed E-state index contributed by atoms with van der Waals surface area (Å²) < 4.78 is 7.05. The maximum atomic E-state index is 13.5. The van der Waals surface area contributed by atoms with Crippen LogP contribution in [-0.2, 0) is 25.9 Å². The first-order valence-electron chi connectivity index (χ1n) is 11.7. The number of aryl methyl sites for hydroxylation is 3. The molecule has 0 bridgehead atoms. The molecule has 0 radical (unpaired) electrons. The van der Waals surface area contributed by atoms with Crippen LogP contribution < -0.4 is 10.9 Å². The average Bonchev–Trinajstić information content (AvgIpc) is 3.38. The minimum absolute atomic E-state index is 0.0672. The normalized spacial score (nSPS) is 15.8. The van der Waals surface area contributed by atoms with Crippen LogP contribution in [0.15, 0.2) is 58.1 Å². The lowest BCUT2D eigenvalue weighted by Gasteiger charge is -2.23. The van der Waals surface area contributed by atoms with Crippen molar-refractivity contribution in [2.45, 2.75) is 52.2 Å². The quantitative estimate of drug-likeness (QED) is 0.395. The predicted molar refractivity (Wildman–Crippen MR) is 136 cm³/mol. The van der Waals surface area contributed by atoms with Crippen molar-refractivity contribution in [1.29, 1.82) is 0 Å². The Morgan fingerprint density at radius 1 is 1.18 bits per heavy atom. The predicted octanol–water partition coefficient (Wildman–Crippen LogP) is 4.91. The third kappa shape index (κ3) is 3.65. The largest absolute Gasteiger partial charge is 0.361 e. The smallest absolute Gasteiger partial charge is 0.262 e. The third-order valence-electron chi connectivity index (χ3n) is 7.01. The van der Waals surface area contributed by atoms with Gasteiger partial charge in [-0.15, -0.1) is 11.3 Å². The molecular weight excluding hydrogens is 444 g/mol. The topological polar surface area (TPSA) is 73.0 Å². The highest BCUT2D eigenvalue weighted by Gasteiger charge is 2.25. The number of nitrogens with zero attached hydrogens (tertiary/aromatic N) is 3. The molecule has 3 heterocycles. The molecule has 1 aliphatic carbocycles. The van der Waals surface area contributed by atoms with Crippen LogP contribution in [0, 0.1) is 13.8 Å². The molecule has 0 fully saturated rings. The second kappa shape index (κ2) is 8.49. The highest BCUT2D eigenvalue weighted by molar-refractivity contribution is 7.18. The zero-order chi connectivity index (χ0) is 23.2. The van der Waals surface area contributed by atoms with Crippen molar-refractivity contribution in [2.75, 3.05) is 0 Å². The summed E-state index contributed by atoms with van der Waals surface area (Å²) in [5.41, 5.74) is 4.48. The van der Waals surface area contributed by atoms with Gasteiger partial charge in [-0.3, -0.25) is 9.36 Å². The van der Waals surface area contributed by atoms with Crippen molar-refractivity contribution >= 4 is 32.3 Å². The van der Waals surface area contributed by atoms with Gasteiger partial charge >= 0.3 is 0 Å². The minimum Gasteiger partial charge on any atom is -0.361 e. The molecule has 0 saturated heterocycles. The molecule has 34 heavy (non-hydrogen) atoms. The van der Waals surface area contributed by atoms with Gasteiger partial charge in [0.15, 0.2) is 0 Å². The molecule has 0 spiro atoms. The fourth-order valence-corrected chi connectivity index (χ4v) is 6.36. The van der Waals surface area contributed by atoms with E-state index in [2.05, 4.69) is 40.8 Å². The molecule has 1 atom stereocenters. The Balaban J connectivity index is 1.27. The number of fused-ring (bicyclic) bond motifs is 4. The average molecular weight is 471 g/mol. The number of hydrogen-bond donors (Lipinski definition) is 1. The van der Waals surface area contributed by atoms with Gasteiger partial charge in [0, 0.05) is 23.0 Å². The zero-order valence-electron chi connectivity index (χ0n) is 19.3. The van der Waals surface area contributed by atoms with E-state index in [1.807, 2.05) is 26.0 Å². The van der Waals surface area contributed by atoms with E-state index in [4.69, 9.17) is 9.51 Å². The molecule has 7 heteroatoms. The number of aromatic nitrogens is 3. The number of hydrogen-bond acceptors (Lipinski definition) is 6. The highest BCUT2D eigenvalue weighted by Crippen LogP contribution is 2.34. The molecule has 1 N–H and O–H groups in total. The van der Waals surface area contributed by atoms with Crippen LogP contribution in [0.4, 0.5) is 0 Å². The monoisotopic (exact) mass is 470 g/mol. The van der Waals surface area contributed by atoms with Crippen LogP contribution in [-0.4, -0.2) is 20.7 Å². The number of nitrogens with one attached hydrogen (secondary N) is 1. The molecule has 6 nitrogen and oxygen atoms in total. The maximum Gasteiger partial charge on any atom is 0.262 e. The van der Waals surface area contributed by atoms with Gasteiger partial charge in [0.25, 0.3) is 5.56 Å².